The number of hydrogen-bond donors (Lipinski definition) is 0. The van der Waals surface area contributed by atoms with Crippen LogP contribution in [0.4, 0.5) is 0 Å². The average molecular weight is 167 g/mol. The van der Waals surface area contributed by atoms with Gasteiger partial charge in [0.15, 0.2) is 5.78 Å². The Morgan fingerprint density at radius 3 is 2.25 bits per heavy atom. The minimum Gasteiger partial charge on any atom is -0.333 e. The van der Waals surface area contributed by atoms with Gasteiger partial charge in [0.2, 0.25) is 5.91 Å². The molecule has 0 radical (unpaired) electrons. The lowest BCUT2D eigenvalue weighted by molar-refractivity contribution is -0.130. The molecular formula is C9H13NO2. The Hall–Kier alpha value is -0.860. The van der Waals surface area contributed by atoms with E-state index in [-0.39, 0.29) is 23.7 Å². The summed E-state index contributed by atoms with van der Waals surface area (Å²) in [5.74, 6) is 0.148. The number of rotatable bonds is 0. The summed E-state index contributed by atoms with van der Waals surface area (Å²) in [6.45, 7) is 0. The Kier molecular flexibility index (Phi) is 1.50. The van der Waals surface area contributed by atoms with Crippen molar-refractivity contribution in [1.29, 1.82) is 0 Å². The molecular weight excluding hydrogens is 154 g/mol. The van der Waals surface area contributed by atoms with Crippen LogP contribution in [0.5, 0.6) is 0 Å². The highest BCUT2D eigenvalue weighted by molar-refractivity contribution is 6.10. The van der Waals surface area contributed by atoms with Gasteiger partial charge in [-0.25, -0.2) is 0 Å². The van der Waals surface area contributed by atoms with Crippen LogP contribution >= 0.6 is 0 Å². The van der Waals surface area contributed by atoms with E-state index < -0.39 is 0 Å². The molecule has 0 atom stereocenters. The summed E-state index contributed by atoms with van der Waals surface area (Å²) < 4.78 is 0. The summed E-state index contributed by atoms with van der Waals surface area (Å²) in [4.78, 5) is 24.5. The quantitative estimate of drug-likeness (QED) is 0.499. The predicted molar refractivity (Wildman–Crippen MR) is 43.6 cm³/mol. The van der Waals surface area contributed by atoms with Crippen LogP contribution in [0.25, 0.3) is 0 Å². The van der Waals surface area contributed by atoms with Crippen molar-refractivity contribution in [2.24, 2.45) is 0 Å². The van der Waals surface area contributed by atoms with Gasteiger partial charge in [-0.2, -0.15) is 0 Å². The first-order valence-electron chi connectivity index (χ1n) is 4.47. The molecule has 1 spiro atoms. The molecule has 0 aromatic heterocycles. The Labute approximate surface area is 71.7 Å². The van der Waals surface area contributed by atoms with Crippen LogP contribution in [0.15, 0.2) is 0 Å². The molecule has 1 heterocycles. The number of likely N-dealkylation sites (N-methyl/N-ethyl adjacent to an activating group) is 1. The number of likely N-dealkylation sites (tertiary alicyclic amines) is 1. The molecule has 1 saturated carbocycles. The molecule has 0 N–H and O–H groups in total. The van der Waals surface area contributed by atoms with Crippen LogP contribution in [0.2, 0.25) is 0 Å². The fourth-order valence-electron chi connectivity index (χ4n) is 2.42. The number of nitrogens with zero attached hydrogens (tertiary/aromatic N) is 1. The predicted octanol–water partition coefficient (Wildman–Crippen LogP) is 0.730. The van der Waals surface area contributed by atoms with E-state index in [9.17, 15) is 9.59 Å². The summed E-state index contributed by atoms with van der Waals surface area (Å²) in [5, 5.41) is 0. The van der Waals surface area contributed by atoms with Crippen LogP contribution in [-0.4, -0.2) is 29.2 Å². The van der Waals surface area contributed by atoms with Crippen molar-refractivity contribution >= 4 is 11.7 Å². The highest BCUT2D eigenvalue weighted by atomic mass is 16.2. The first kappa shape index (κ1) is 7.77. The average Bonchev–Trinajstić information content (AvgIpc) is 2.57. The van der Waals surface area contributed by atoms with Gasteiger partial charge >= 0.3 is 0 Å². The highest BCUT2D eigenvalue weighted by Gasteiger charge is 2.51. The molecule has 1 amide bonds. The molecule has 2 rings (SSSR count). The summed E-state index contributed by atoms with van der Waals surface area (Å²) in [7, 11) is 1.76. The number of Topliss-reactive ketones (excluding diaryl/α,β-unsaturated/α-hetero) is 1. The number of hydrogen-bond acceptors (Lipinski definition) is 2. The molecule has 0 aromatic rings. The molecule has 12 heavy (non-hydrogen) atoms. The van der Waals surface area contributed by atoms with Crippen molar-refractivity contribution < 1.29 is 9.59 Å². The lowest BCUT2D eigenvalue weighted by Gasteiger charge is -2.29. The minimum absolute atomic E-state index is 0.00176. The maximum absolute atomic E-state index is 11.6. The van der Waals surface area contributed by atoms with Crippen LogP contribution in [0.1, 0.15) is 32.1 Å². The molecule has 3 nitrogen and oxygen atoms in total. The van der Waals surface area contributed by atoms with Crippen molar-refractivity contribution in [3.05, 3.63) is 0 Å². The Balaban J connectivity index is 2.34. The second-order valence-corrected chi connectivity index (χ2v) is 3.79. The Bertz CT molecular complexity index is 241. The van der Waals surface area contributed by atoms with Crippen LogP contribution < -0.4 is 0 Å². The van der Waals surface area contributed by atoms with Gasteiger partial charge in [0.1, 0.15) is 5.54 Å². The van der Waals surface area contributed by atoms with Gasteiger partial charge in [0, 0.05) is 7.05 Å². The van der Waals surface area contributed by atoms with Crippen LogP contribution in [0.3, 0.4) is 0 Å². The zero-order valence-corrected chi connectivity index (χ0v) is 7.30. The van der Waals surface area contributed by atoms with E-state index in [2.05, 4.69) is 0 Å². The third kappa shape index (κ3) is 0.765. The molecule has 0 bridgehead atoms. The normalized spacial score (nSPS) is 27.6. The molecule has 3 heteroatoms. The summed E-state index contributed by atoms with van der Waals surface area (Å²) in [6.07, 6.45) is 4.07. The van der Waals surface area contributed by atoms with E-state index >= 15 is 0 Å². The van der Waals surface area contributed by atoms with Crippen LogP contribution in [0, 0.1) is 0 Å². The van der Waals surface area contributed by atoms with E-state index in [4.69, 9.17) is 0 Å². The van der Waals surface area contributed by atoms with Gasteiger partial charge < -0.3 is 4.90 Å². The van der Waals surface area contributed by atoms with Crippen molar-refractivity contribution in [3.63, 3.8) is 0 Å². The molecule has 1 aliphatic heterocycles. The van der Waals surface area contributed by atoms with Crippen molar-refractivity contribution in [2.75, 3.05) is 7.05 Å². The van der Waals surface area contributed by atoms with Gasteiger partial charge in [-0.1, -0.05) is 12.8 Å². The number of amides is 1. The molecule has 66 valence electrons. The number of carbonyl (C=O) groups is 2. The minimum atomic E-state index is -0.378. The molecule has 0 aromatic carbocycles. The lowest BCUT2D eigenvalue weighted by Crippen LogP contribution is -2.44. The SMILES string of the molecule is CN1C(=O)CC(=O)C12CCCC2. The zero-order valence-electron chi connectivity index (χ0n) is 7.30. The second kappa shape index (κ2) is 2.31. The molecule has 2 aliphatic rings. The van der Waals surface area contributed by atoms with Gasteiger partial charge in [0.05, 0.1) is 6.42 Å². The summed E-state index contributed by atoms with van der Waals surface area (Å²) >= 11 is 0. The monoisotopic (exact) mass is 167 g/mol. The third-order valence-corrected chi connectivity index (χ3v) is 3.28. The van der Waals surface area contributed by atoms with E-state index in [1.165, 1.54) is 0 Å². The largest absolute Gasteiger partial charge is 0.333 e. The Morgan fingerprint density at radius 2 is 1.83 bits per heavy atom. The first-order valence-corrected chi connectivity index (χ1v) is 4.47. The van der Waals surface area contributed by atoms with Gasteiger partial charge in [-0.15, -0.1) is 0 Å². The second-order valence-electron chi connectivity index (χ2n) is 3.79. The molecule has 0 unspecified atom stereocenters. The smallest absolute Gasteiger partial charge is 0.230 e. The van der Waals surface area contributed by atoms with Gasteiger partial charge in [0.25, 0.3) is 0 Å². The molecule has 1 aliphatic carbocycles. The van der Waals surface area contributed by atoms with Crippen LogP contribution in [-0.2, 0) is 9.59 Å². The number of ketones is 1. The molecule has 2 fully saturated rings. The number of carbonyl (C=O) groups excluding carboxylic acids is 2. The third-order valence-electron chi connectivity index (χ3n) is 3.28. The summed E-state index contributed by atoms with van der Waals surface area (Å²) in [5.41, 5.74) is -0.378. The maximum Gasteiger partial charge on any atom is 0.230 e. The van der Waals surface area contributed by atoms with Crippen molar-refractivity contribution in [2.45, 2.75) is 37.6 Å². The molecule has 1 saturated heterocycles. The lowest BCUT2D eigenvalue weighted by atomic mass is 9.93. The van der Waals surface area contributed by atoms with Crippen molar-refractivity contribution in [1.82, 2.24) is 4.90 Å². The Morgan fingerprint density at radius 1 is 1.25 bits per heavy atom. The standard InChI is InChI=1S/C9H13NO2/c1-10-8(12)6-7(11)9(10)4-2-3-5-9/h2-6H2,1H3. The van der Waals surface area contributed by atoms with E-state index in [1.54, 1.807) is 11.9 Å². The van der Waals surface area contributed by atoms with E-state index in [1.807, 2.05) is 0 Å². The first-order chi connectivity index (χ1) is 5.67. The van der Waals surface area contributed by atoms with Gasteiger partial charge in [-0.3, -0.25) is 9.59 Å². The van der Waals surface area contributed by atoms with Crippen molar-refractivity contribution in [3.8, 4) is 0 Å². The maximum atomic E-state index is 11.6. The van der Waals surface area contributed by atoms with E-state index in [0.717, 1.165) is 25.7 Å². The fraction of sp³-hybridized carbons (Fsp3) is 0.778. The van der Waals surface area contributed by atoms with E-state index in [0.29, 0.717) is 0 Å². The zero-order chi connectivity index (χ0) is 8.77. The fourth-order valence-corrected chi connectivity index (χ4v) is 2.42. The summed E-state index contributed by atoms with van der Waals surface area (Å²) in [6, 6.07) is 0. The van der Waals surface area contributed by atoms with Gasteiger partial charge in [-0.05, 0) is 12.8 Å². The highest BCUT2D eigenvalue weighted by Crippen LogP contribution is 2.40. The topological polar surface area (TPSA) is 37.4 Å².